The molecule has 38 heavy (non-hydrogen) atoms. The van der Waals surface area contributed by atoms with Crippen molar-refractivity contribution >= 4 is 17.6 Å². The number of aliphatic hydroxyl groups is 1. The van der Waals surface area contributed by atoms with E-state index in [-0.39, 0.29) is 18.1 Å². The quantitative estimate of drug-likeness (QED) is 0.256. The van der Waals surface area contributed by atoms with Crippen molar-refractivity contribution in [1.29, 1.82) is 0 Å². The molecule has 4 unspecified atom stereocenters. The van der Waals surface area contributed by atoms with Gasteiger partial charge in [-0.3, -0.25) is 14.4 Å². The number of carbonyl (C=O) groups is 3. The minimum Gasteiger partial charge on any atom is -0.497 e. The summed E-state index contributed by atoms with van der Waals surface area (Å²) >= 11 is 0. The topological polar surface area (TPSA) is 129 Å². The molecule has 1 aliphatic carbocycles. The third kappa shape index (κ3) is 9.06. The predicted molar refractivity (Wildman–Crippen MR) is 145 cm³/mol. The number of Topliss-reactive ketones (excluding diaryl/α,β-unsaturated/α-hetero) is 1. The van der Waals surface area contributed by atoms with Crippen molar-refractivity contribution in [2.24, 2.45) is 5.92 Å². The Labute approximate surface area is 226 Å². The molecule has 1 aromatic carbocycles. The van der Waals surface area contributed by atoms with Crippen LogP contribution in [-0.2, 0) is 25.5 Å². The van der Waals surface area contributed by atoms with Crippen LogP contribution in [0.1, 0.15) is 71.8 Å². The molecule has 1 aromatic rings. The SMILES string of the molecule is COc1ccc(CC(NC(=O)C(C)NCCC(C)(C)O)C(=O)NC(CC2CCCC2)C(=O)C2(C)CO2)cc1. The number of epoxide rings is 1. The van der Waals surface area contributed by atoms with Gasteiger partial charge in [0.1, 0.15) is 17.4 Å². The van der Waals surface area contributed by atoms with Crippen molar-refractivity contribution in [3.63, 3.8) is 0 Å². The van der Waals surface area contributed by atoms with Crippen LogP contribution < -0.4 is 20.7 Å². The van der Waals surface area contributed by atoms with E-state index in [1.807, 2.05) is 24.3 Å². The minimum absolute atomic E-state index is 0.103. The third-order valence-corrected chi connectivity index (χ3v) is 7.59. The average Bonchev–Trinajstić information content (AvgIpc) is 3.41. The molecule has 1 heterocycles. The Kier molecular flexibility index (Phi) is 10.3. The van der Waals surface area contributed by atoms with Crippen molar-refractivity contribution in [2.75, 3.05) is 20.3 Å². The maximum Gasteiger partial charge on any atom is 0.243 e. The Bertz CT molecular complexity index is 948. The van der Waals surface area contributed by atoms with Gasteiger partial charge in [0.15, 0.2) is 5.78 Å². The zero-order valence-corrected chi connectivity index (χ0v) is 23.5. The van der Waals surface area contributed by atoms with Crippen molar-refractivity contribution in [3.8, 4) is 5.75 Å². The van der Waals surface area contributed by atoms with E-state index in [9.17, 15) is 19.5 Å². The highest BCUT2D eigenvalue weighted by molar-refractivity contribution is 5.98. The van der Waals surface area contributed by atoms with Gasteiger partial charge in [0, 0.05) is 6.42 Å². The number of carbonyl (C=O) groups excluding carboxylic acids is 3. The molecule has 0 aromatic heterocycles. The van der Waals surface area contributed by atoms with Gasteiger partial charge >= 0.3 is 0 Å². The molecule has 9 heteroatoms. The van der Waals surface area contributed by atoms with E-state index >= 15 is 0 Å². The zero-order valence-electron chi connectivity index (χ0n) is 23.5. The summed E-state index contributed by atoms with van der Waals surface area (Å²) in [5, 5.41) is 18.9. The largest absolute Gasteiger partial charge is 0.497 e. The fourth-order valence-corrected chi connectivity index (χ4v) is 4.89. The minimum atomic E-state index is -0.874. The summed E-state index contributed by atoms with van der Waals surface area (Å²) in [4.78, 5) is 39.9. The molecule has 212 valence electrons. The third-order valence-electron chi connectivity index (χ3n) is 7.59. The molecule has 9 nitrogen and oxygen atoms in total. The summed E-state index contributed by atoms with van der Waals surface area (Å²) < 4.78 is 10.6. The summed E-state index contributed by atoms with van der Waals surface area (Å²) in [6, 6.07) is 5.23. The first-order valence-corrected chi connectivity index (χ1v) is 13.8. The summed E-state index contributed by atoms with van der Waals surface area (Å²) in [5.74, 6) is 0.266. The first kappa shape index (κ1) is 30.1. The average molecular weight is 532 g/mol. The molecule has 4 N–H and O–H groups in total. The van der Waals surface area contributed by atoms with Crippen molar-refractivity contribution < 1.29 is 29.0 Å². The number of benzene rings is 1. The van der Waals surface area contributed by atoms with Crippen molar-refractivity contribution in [3.05, 3.63) is 29.8 Å². The lowest BCUT2D eigenvalue weighted by Gasteiger charge is -2.27. The monoisotopic (exact) mass is 531 g/mol. The van der Waals surface area contributed by atoms with Crippen LogP contribution in [-0.4, -0.2) is 72.3 Å². The number of amides is 2. The zero-order chi connectivity index (χ0) is 27.9. The maximum absolute atomic E-state index is 13.6. The van der Waals surface area contributed by atoms with Gasteiger partial charge in [-0.15, -0.1) is 0 Å². The molecule has 1 aliphatic heterocycles. The summed E-state index contributed by atoms with van der Waals surface area (Å²) in [6.45, 7) is 7.73. The number of methoxy groups -OCH3 is 1. The molecule has 3 rings (SSSR count). The van der Waals surface area contributed by atoms with Crippen LogP contribution in [0.5, 0.6) is 5.75 Å². The molecule has 1 saturated heterocycles. The molecule has 2 aliphatic rings. The van der Waals surface area contributed by atoms with Gasteiger partial charge < -0.3 is 30.5 Å². The van der Waals surface area contributed by atoms with Gasteiger partial charge in [0.2, 0.25) is 11.8 Å². The molecular weight excluding hydrogens is 486 g/mol. The second-order valence-electron chi connectivity index (χ2n) is 11.7. The normalized spacial score (nSPS) is 21.8. The van der Waals surface area contributed by atoms with E-state index in [0.717, 1.165) is 31.2 Å². The van der Waals surface area contributed by atoms with Gasteiger partial charge in [-0.2, -0.15) is 0 Å². The van der Waals surface area contributed by atoms with Gasteiger partial charge in [0.25, 0.3) is 0 Å². The number of rotatable bonds is 15. The Morgan fingerprint density at radius 3 is 2.26 bits per heavy atom. The van der Waals surface area contributed by atoms with Crippen LogP contribution in [0.3, 0.4) is 0 Å². The molecule has 2 fully saturated rings. The van der Waals surface area contributed by atoms with E-state index in [4.69, 9.17) is 9.47 Å². The Balaban J connectivity index is 1.72. The summed E-state index contributed by atoms with van der Waals surface area (Å²) in [5.41, 5.74) is -0.836. The molecule has 2 amide bonds. The van der Waals surface area contributed by atoms with Crippen LogP contribution in [0.15, 0.2) is 24.3 Å². The maximum atomic E-state index is 13.6. The molecule has 0 radical (unpaired) electrons. The van der Waals surface area contributed by atoms with Crippen molar-refractivity contribution in [2.45, 2.75) is 102 Å². The highest BCUT2D eigenvalue weighted by Crippen LogP contribution is 2.33. The Morgan fingerprint density at radius 2 is 1.71 bits per heavy atom. The number of ether oxygens (including phenoxy) is 2. The number of nitrogens with one attached hydrogen (secondary N) is 3. The van der Waals surface area contributed by atoms with Crippen LogP contribution in [0, 0.1) is 5.92 Å². The van der Waals surface area contributed by atoms with E-state index in [1.165, 1.54) is 0 Å². The van der Waals surface area contributed by atoms with E-state index in [1.54, 1.807) is 34.8 Å². The van der Waals surface area contributed by atoms with Gasteiger partial charge in [-0.05, 0) is 70.7 Å². The lowest BCUT2D eigenvalue weighted by Crippen LogP contribution is -2.56. The highest BCUT2D eigenvalue weighted by Gasteiger charge is 2.50. The lowest BCUT2D eigenvalue weighted by molar-refractivity contribution is -0.133. The fourth-order valence-electron chi connectivity index (χ4n) is 4.89. The predicted octanol–water partition coefficient (Wildman–Crippen LogP) is 2.28. The van der Waals surface area contributed by atoms with E-state index < -0.39 is 35.2 Å². The number of hydrogen-bond donors (Lipinski definition) is 4. The van der Waals surface area contributed by atoms with E-state index in [0.29, 0.717) is 37.7 Å². The molecule has 0 spiro atoms. The van der Waals surface area contributed by atoms with Crippen LogP contribution in [0.25, 0.3) is 0 Å². The van der Waals surface area contributed by atoms with Crippen molar-refractivity contribution in [1.82, 2.24) is 16.0 Å². The van der Waals surface area contributed by atoms with E-state index in [2.05, 4.69) is 16.0 Å². The summed E-state index contributed by atoms with van der Waals surface area (Å²) in [7, 11) is 1.59. The fraction of sp³-hybridized carbons (Fsp3) is 0.690. The Hall–Kier alpha value is -2.49. The lowest BCUT2D eigenvalue weighted by atomic mass is 9.90. The van der Waals surface area contributed by atoms with Crippen LogP contribution in [0.4, 0.5) is 0 Å². The Morgan fingerprint density at radius 1 is 1.11 bits per heavy atom. The first-order valence-electron chi connectivity index (χ1n) is 13.8. The molecular formula is C29H45N3O6. The number of hydrogen-bond acceptors (Lipinski definition) is 7. The smallest absolute Gasteiger partial charge is 0.243 e. The summed E-state index contributed by atoms with van der Waals surface area (Å²) in [6.07, 6.45) is 5.71. The molecule has 1 saturated carbocycles. The standard InChI is InChI=1S/C29H45N3O6/c1-19(30-15-14-28(2,3)36)26(34)32-24(17-21-10-12-22(37-5)13-11-21)27(35)31-23(16-20-8-6-7-9-20)25(33)29(4)18-38-29/h10-13,19-20,23-24,30,36H,6-9,14-18H2,1-5H3,(H,31,35)(H,32,34). The van der Waals surface area contributed by atoms with Gasteiger partial charge in [0.05, 0.1) is 31.4 Å². The van der Waals surface area contributed by atoms with Crippen LogP contribution >= 0.6 is 0 Å². The van der Waals surface area contributed by atoms with Crippen LogP contribution in [0.2, 0.25) is 0 Å². The molecule has 0 bridgehead atoms. The first-order chi connectivity index (χ1) is 17.9. The molecule has 4 atom stereocenters. The second-order valence-corrected chi connectivity index (χ2v) is 11.7. The highest BCUT2D eigenvalue weighted by atomic mass is 16.6. The number of ketones is 1. The second kappa shape index (κ2) is 13.0. The van der Waals surface area contributed by atoms with Gasteiger partial charge in [-0.25, -0.2) is 0 Å². The van der Waals surface area contributed by atoms with Gasteiger partial charge in [-0.1, -0.05) is 37.8 Å².